The van der Waals surface area contributed by atoms with E-state index < -0.39 is 0 Å². The van der Waals surface area contributed by atoms with Crippen molar-refractivity contribution in [3.05, 3.63) is 0 Å². The van der Waals surface area contributed by atoms with Crippen LogP contribution in [-0.4, -0.2) is 49.1 Å². The second-order valence-electron chi connectivity index (χ2n) is 13.0. The lowest BCUT2D eigenvalue weighted by Crippen LogP contribution is -2.49. The van der Waals surface area contributed by atoms with Crippen LogP contribution in [-0.2, 0) is 0 Å². The largest absolute Gasteiger partial charge is 0.303 e. The third kappa shape index (κ3) is 8.82. The van der Waals surface area contributed by atoms with Gasteiger partial charge in [0.05, 0.1) is 0 Å². The van der Waals surface area contributed by atoms with E-state index in [1.807, 2.05) is 0 Å². The van der Waals surface area contributed by atoms with Crippen LogP contribution < -0.4 is 0 Å². The molecule has 5 aliphatic rings. The molecule has 6 bridgehead atoms. The van der Waals surface area contributed by atoms with Gasteiger partial charge in [-0.05, 0) is 87.7 Å². The van der Waals surface area contributed by atoms with Crippen molar-refractivity contribution in [2.45, 2.75) is 129 Å². The summed E-state index contributed by atoms with van der Waals surface area (Å²) >= 11 is 0. The Balaban J connectivity index is 1.47. The zero-order valence-electron chi connectivity index (χ0n) is 22.5. The summed E-state index contributed by atoms with van der Waals surface area (Å²) in [5.74, 6) is 4.92. The van der Waals surface area contributed by atoms with Crippen LogP contribution >= 0.6 is 0 Å². The lowest BCUT2D eigenvalue weighted by atomic mass is 9.69. The minimum Gasteiger partial charge on any atom is -0.303 e. The molecule has 5 fully saturated rings. The van der Waals surface area contributed by atoms with Crippen LogP contribution in [0, 0.1) is 29.6 Å². The molecular weight excluding hydrogens is 400 g/mol. The normalized spacial score (nSPS) is 41.2. The smallest absolute Gasteiger partial charge is 0.00127 e. The summed E-state index contributed by atoms with van der Waals surface area (Å²) in [7, 11) is 0. The monoisotopic (exact) mass is 458 g/mol. The Morgan fingerprint density at radius 1 is 0.455 bits per heavy atom. The standard InChI is InChI=1S/C31H58N2/c1-27-15-11-7-6-9-13-17-29-25-32-20-14-10-5-3-2-4-8-12-16-28-23-30(31(29)19-22-32)26-33(24-28)21-18-27/h27-31H,2-26H2,1H3/t27-,28-,29+,30+,31-/m0/s1. The molecule has 2 unspecified atom stereocenters. The van der Waals surface area contributed by atoms with Gasteiger partial charge in [0.15, 0.2) is 0 Å². The fraction of sp³-hybridized carbons (Fsp3) is 1.00. The second kappa shape index (κ2) is 14.5. The van der Waals surface area contributed by atoms with Crippen molar-refractivity contribution in [3.63, 3.8) is 0 Å². The molecule has 2 nitrogen and oxygen atoms in total. The Hall–Kier alpha value is -0.0800. The van der Waals surface area contributed by atoms with E-state index in [0.29, 0.717) is 0 Å². The van der Waals surface area contributed by atoms with Crippen LogP contribution in [0.3, 0.4) is 0 Å². The lowest BCUT2D eigenvalue weighted by molar-refractivity contribution is 0.0177. The fourth-order valence-electron chi connectivity index (χ4n) is 8.11. The van der Waals surface area contributed by atoms with E-state index in [9.17, 15) is 0 Å². The molecule has 5 rings (SSSR count). The highest BCUT2D eigenvalue weighted by molar-refractivity contribution is 4.90. The molecule has 5 heterocycles. The Bertz CT molecular complexity index is 519. The first-order chi connectivity index (χ1) is 16.3. The van der Waals surface area contributed by atoms with Gasteiger partial charge in [0, 0.05) is 19.6 Å². The fourth-order valence-corrected chi connectivity index (χ4v) is 8.11. The highest BCUT2D eigenvalue weighted by Crippen LogP contribution is 2.40. The number of fused-ring (bicyclic) bond motifs is 11. The third-order valence-corrected chi connectivity index (χ3v) is 10.2. The summed E-state index contributed by atoms with van der Waals surface area (Å²) in [5, 5.41) is 0. The Labute approximate surface area is 207 Å². The van der Waals surface area contributed by atoms with Crippen molar-refractivity contribution >= 4 is 0 Å². The number of hydrogen-bond acceptors (Lipinski definition) is 2. The summed E-state index contributed by atoms with van der Waals surface area (Å²) in [5.41, 5.74) is 0. The van der Waals surface area contributed by atoms with Crippen molar-refractivity contribution < 1.29 is 0 Å². The highest BCUT2D eigenvalue weighted by Gasteiger charge is 2.38. The van der Waals surface area contributed by atoms with Crippen molar-refractivity contribution in [2.24, 2.45) is 29.6 Å². The van der Waals surface area contributed by atoms with Gasteiger partial charge >= 0.3 is 0 Å². The molecule has 0 amide bonds. The van der Waals surface area contributed by atoms with E-state index in [1.165, 1.54) is 155 Å². The van der Waals surface area contributed by atoms with E-state index >= 15 is 0 Å². The van der Waals surface area contributed by atoms with Crippen LogP contribution in [0.15, 0.2) is 0 Å². The van der Waals surface area contributed by atoms with E-state index in [4.69, 9.17) is 0 Å². The predicted octanol–water partition coefficient (Wildman–Crippen LogP) is 8.16. The molecule has 0 aliphatic carbocycles. The average molecular weight is 459 g/mol. The number of nitrogens with zero attached hydrogens (tertiary/aromatic N) is 2. The molecule has 7 atom stereocenters. The van der Waals surface area contributed by atoms with Gasteiger partial charge in [-0.1, -0.05) is 90.4 Å². The number of rotatable bonds is 0. The molecule has 0 N–H and O–H groups in total. The van der Waals surface area contributed by atoms with Crippen LogP contribution in [0.4, 0.5) is 0 Å². The first kappa shape index (κ1) is 26.0. The summed E-state index contributed by atoms with van der Waals surface area (Å²) in [6.45, 7) is 11.0. The Morgan fingerprint density at radius 2 is 1.06 bits per heavy atom. The van der Waals surface area contributed by atoms with Gasteiger partial charge in [-0.15, -0.1) is 0 Å². The molecule has 5 aliphatic heterocycles. The zero-order valence-corrected chi connectivity index (χ0v) is 22.5. The average Bonchev–Trinajstić information content (AvgIpc) is 2.82. The zero-order chi connectivity index (χ0) is 22.7. The van der Waals surface area contributed by atoms with Gasteiger partial charge in [0.2, 0.25) is 0 Å². The van der Waals surface area contributed by atoms with E-state index in [0.717, 1.165) is 29.6 Å². The van der Waals surface area contributed by atoms with Crippen LogP contribution in [0.1, 0.15) is 129 Å². The predicted molar refractivity (Wildman–Crippen MR) is 144 cm³/mol. The summed E-state index contributed by atoms with van der Waals surface area (Å²) < 4.78 is 0. The van der Waals surface area contributed by atoms with E-state index in [1.54, 1.807) is 6.42 Å². The van der Waals surface area contributed by atoms with Crippen molar-refractivity contribution in [1.82, 2.24) is 9.80 Å². The number of hydrogen-bond donors (Lipinski definition) is 0. The van der Waals surface area contributed by atoms with E-state index in [-0.39, 0.29) is 0 Å². The van der Waals surface area contributed by atoms with Crippen molar-refractivity contribution in [2.75, 3.05) is 39.3 Å². The summed E-state index contributed by atoms with van der Waals surface area (Å²) in [6, 6.07) is 0. The molecule has 0 aromatic carbocycles. The van der Waals surface area contributed by atoms with Gasteiger partial charge in [0.1, 0.15) is 0 Å². The second-order valence-corrected chi connectivity index (χ2v) is 13.0. The van der Waals surface area contributed by atoms with Gasteiger partial charge < -0.3 is 9.80 Å². The molecule has 33 heavy (non-hydrogen) atoms. The highest BCUT2D eigenvalue weighted by atomic mass is 15.1. The Morgan fingerprint density at radius 3 is 1.85 bits per heavy atom. The molecule has 0 spiro atoms. The Kier molecular flexibility index (Phi) is 11.4. The maximum atomic E-state index is 2.96. The van der Waals surface area contributed by atoms with E-state index in [2.05, 4.69) is 16.7 Å². The van der Waals surface area contributed by atoms with Crippen LogP contribution in [0.5, 0.6) is 0 Å². The molecule has 0 radical (unpaired) electrons. The molecule has 5 saturated heterocycles. The maximum absolute atomic E-state index is 2.96. The minimum atomic E-state index is 0.930. The third-order valence-electron chi connectivity index (χ3n) is 10.2. The molecule has 2 heteroatoms. The molecule has 0 aromatic heterocycles. The first-order valence-electron chi connectivity index (χ1n) is 15.7. The minimum absolute atomic E-state index is 0.930. The van der Waals surface area contributed by atoms with Gasteiger partial charge in [-0.25, -0.2) is 0 Å². The maximum Gasteiger partial charge on any atom is 0.00127 e. The SMILES string of the molecule is C[C@H]1CCCCCCC[C@@H]2CN3CCCCCCCCCC[C@H]4C[C@H](CN(CC1)C4)[C@H]2CC3. The van der Waals surface area contributed by atoms with Crippen LogP contribution in [0.2, 0.25) is 0 Å². The van der Waals surface area contributed by atoms with Crippen molar-refractivity contribution in [1.29, 1.82) is 0 Å². The molecular formula is C31H58N2. The number of piperidine rings is 2. The quantitative estimate of drug-likeness (QED) is 0.361. The molecule has 192 valence electrons. The molecule has 0 saturated carbocycles. The van der Waals surface area contributed by atoms with Gasteiger partial charge in [0.25, 0.3) is 0 Å². The first-order valence-corrected chi connectivity index (χ1v) is 15.7. The summed E-state index contributed by atoms with van der Waals surface area (Å²) in [4.78, 5) is 5.86. The van der Waals surface area contributed by atoms with Crippen molar-refractivity contribution in [3.8, 4) is 0 Å². The lowest BCUT2D eigenvalue weighted by Gasteiger charge is -2.47. The molecule has 0 aromatic rings. The van der Waals surface area contributed by atoms with Gasteiger partial charge in [-0.2, -0.15) is 0 Å². The summed E-state index contributed by atoms with van der Waals surface area (Å²) in [6.07, 6.45) is 28.4. The topological polar surface area (TPSA) is 6.48 Å². The van der Waals surface area contributed by atoms with Gasteiger partial charge in [-0.3, -0.25) is 0 Å². The van der Waals surface area contributed by atoms with Crippen LogP contribution in [0.25, 0.3) is 0 Å².